The average Bonchev–Trinajstić information content (AvgIpc) is 2.88. The number of hydrogen-bond donors (Lipinski definition) is 7. The number of nitrogens with one attached hydrogen (secondary N) is 1. The Bertz CT molecular complexity index is 688. The molecule has 0 aromatic carbocycles. The molecule has 0 bridgehead atoms. The number of carbonyl (C=O) groups is 4. The molecule has 245 valence electrons. The SMILES string of the molecule is CNC[C@H](O)[C@H](O)[C@@H](O)[C@@H](O)CO.O=C([O-])CN1CCN(CC(=O)[O-])CCN(CC(=O)O)CCN(CC(=O)[O-])CC1.[Gd+3]. The van der Waals surface area contributed by atoms with Crippen LogP contribution < -0.4 is 20.6 Å². The molecule has 0 saturated carbocycles. The van der Waals surface area contributed by atoms with Crippen LogP contribution in [0.5, 0.6) is 0 Å². The third-order valence-corrected chi connectivity index (χ3v) is 6.09. The fourth-order valence-corrected chi connectivity index (χ4v) is 3.84. The van der Waals surface area contributed by atoms with E-state index >= 15 is 0 Å². The minimum atomic E-state index is -1.55. The largest absolute Gasteiger partial charge is 3.00 e. The molecular weight excluding hydrogens is 712 g/mol. The maximum atomic E-state index is 11.1. The molecule has 1 fully saturated rings. The van der Waals surface area contributed by atoms with Crippen LogP contribution in [0, 0.1) is 39.9 Å². The van der Waals surface area contributed by atoms with Crippen molar-refractivity contribution < 1.29 is 105 Å². The predicted octanol–water partition coefficient (Wildman–Crippen LogP) is -9.82. The van der Waals surface area contributed by atoms with E-state index < -0.39 is 54.9 Å². The van der Waals surface area contributed by atoms with Crippen molar-refractivity contribution in [2.24, 2.45) is 0 Å². The van der Waals surface area contributed by atoms with Gasteiger partial charge in [-0.25, -0.2) is 0 Å². The van der Waals surface area contributed by atoms with E-state index in [-0.39, 0.29) is 125 Å². The number of aliphatic hydroxyl groups is 5. The normalized spacial score (nSPS) is 19.4. The second-order valence-corrected chi connectivity index (χ2v) is 9.47. The quantitative estimate of drug-likeness (QED) is 0.0867. The maximum Gasteiger partial charge on any atom is 3.00 e. The second-order valence-electron chi connectivity index (χ2n) is 9.47. The predicted molar refractivity (Wildman–Crippen MR) is 133 cm³/mol. The number of hydrogen-bond acceptors (Lipinski definition) is 17. The molecule has 0 aromatic heterocycles. The van der Waals surface area contributed by atoms with E-state index in [1.165, 1.54) is 4.90 Å². The molecule has 19 heteroatoms. The number of aliphatic hydroxyl groups excluding tert-OH is 5. The zero-order valence-electron chi connectivity index (χ0n) is 23.4. The summed E-state index contributed by atoms with van der Waals surface area (Å²) in [7, 11) is 1.57. The van der Waals surface area contributed by atoms with Crippen LogP contribution in [0.15, 0.2) is 0 Å². The number of rotatable bonds is 14. The molecule has 1 radical (unpaired) electrons. The van der Waals surface area contributed by atoms with E-state index in [0.29, 0.717) is 0 Å². The molecule has 1 aliphatic heterocycles. The molecule has 4 atom stereocenters. The first-order valence-electron chi connectivity index (χ1n) is 12.9. The molecule has 42 heavy (non-hydrogen) atoms. The average molecular weight is 754 g/mol. The van der Waals surface area contributed by atoms with Crippen molar-refractivity contribution in [2.75, 3.05) is 98.7 Å². The first-order chi connectivity index (χ1) is 19.2. The van der Waals surface area contributed by atoms with Crippen LogP contribution in [-0.2, 0) is 19.2 Å². The summed E-state index contributed by atoms with van der Waals surface area (Å²) in [6.45, 7) is -0.0719. The summed E-state index contributed by atoms with van der Waals surface area (Å²) in [6.07, 6.45) is -5.65. The fourth-order valence-electron chi connectivity index (χ4n) is 3.84. The number of likely N-dealkylation sites (N-methyl/N-ethyl adjacent to an activating group) is 1. The molecule has 1 aliphatic rings. The Hall–Kier alpha value is -1.20. The van der Waals surface area contributed by atoms with E-state index in [2.05, 4.69) is 5.32 Å². The van der Waals surface area contributed by atoms with Crippen molar-refractivity contribution >= 4 is 23.9 Å². The summed E-state index contributed by atoms with van der Waals surface area (Å²) in [6, 6.07) is 0. The summed E-state index contributed by atoms with van der Waals surface area (Å²) < 4.78 is 0. The molecule has 0 spiro atoms. The second kappa shape index (κ2) is 24.2. The monoisotopic (exact) mass is 754 g/mol. The summed E-state index contributed by atoms with van der Waals surface area (Å²) in [5.41, 5.74) is 0. The topological polar surface area (TPSA) is 284 Å². The summed E-state index contributed by atoms with van der Waals surface area (Å²) >= 11 is 0. The van der Waals surface area contributed by atoms with Gasteiger partial charge in [0.2, 0.25) is 0 Å². The molecule has 1 saturated heterocycles. The maximum absolute atomic E-state index is 11.1. The van der Waals surface area contributed by atoms with Gasteiger partial charge in [0.1, 0.15) is 18.3 Å². The summed E-state index contributed by atoms with van der Waals surface area (Å²) in [5, 5.41) is 89.4. The molecular formula is C23H42GdN5O13. The number of carbonyl (C=O) groups excluding carboxylic acids is 3. The van der Waals surface area contributed by atoms with E-state index in [0.717, 1.165) is 0 Å². The van der Waals surface area contributed by atoms with E-state index in [1.807, 2.05) is 0 Å². The number of nitrogens with zero attached hydrogens (tertiary/aromatic N) is 4. The van der Waals surface area contributed by atoms with Gasteiger partial charge in [0.25, 0.3) is 0 Å². The third-order valence-electron chi connectivity index (χ3n) is 6.09. The van der Waals surface area contributed by atoms with Crippen LogP contribution >= 0.6 is 0 Å². The molecule has 1 rings (SSSR count). The minimum absolute atomic E-state index is 0. The smallest absolute Gasteiger partial charge is 0.549 e. The van der Waals surface area contributed by atoms with Gasteiger partial charge in [-0.15, -0.1) is 0 Å². The Balaban J connectivity index is 0. The Labute approximate surface area is 275 Å². The number of carboxylic acids is 4. The summed E-state index contributed by atoms with van der Waals surface area (Å²) in [5.74, 6) is -4.92. The van der Waals surface area contributed by atoms with Gasteiger partial charge in [-0.2, -0.15) is 0 Å². The van der Waals surface area contributed by atoms with Crippen molar-refractivity contribution in [3.8, 4) is 0 Å². The van der Waals surface area contributed by atoms with Gasteiger partial charge in [0.05, 0.1) is 37.2 Å². The van der Waals surface area contributed by atoms with Gasteiger partial charge in [0.15, 0.2) is 0 Å². The Morgan fingerprint density at radius 1 is 0.643 bits per heavy atom. The van der Waals surface area contributed by atoms with E-state index in [9.17, 15) is 39.6 Å². The first kappa shape index (κ1) is 42.9. The van der Waals surface area contributed by atoms with E-state index in [4.69, 9.17) is 25.5 Å². The Morgan fingerprint density at radius 2 is 0.929 bits per heavy atom. The molecule has 7 N–H and O–H groups in total. The fraction of sp³-hybridized carbons (Fsp3) is 0.826. The Morgan fingerprint density at radius 3 is 1.17 bits per heavy atom. The van der Waals surface area contributed by atoms with Crippen LogP contribution in [0.4, 0.5) is 0 Å². The molecule has 0 aliphatic carbocycles. The van der Waals surface area contributed by atoms with Gasteiger partial charge in [-0.3, -0.25) is 24.4 Å². The molecule has 18 nitrogen and oxygen atoms in total. The van der Waals surface area contributed by atoms with Crippen LogP contribution in [0.25, 0.3) is 0 Å². The van der Waals surface area contributed by atoms with Crippen LogP contribution in [0.1, 0.15) is 0 Å². The van der Waals surface area contributed by atoms with Crippen molar-refractivity contribution in [2.45, 2.75) is 24.4 Å². The van der Waals surface area contributed by atoms with Crippen molar-refractivity contribution in [3.63, 3.8) is 0 Å². The van der Waals surface area contributed by atoms with Gasteiger partial charge in [0, 0.05) is 78.5 Å². The molecule has 0 aromatic rings. The zero-order chi connectivity index (χ0) is 31.5. The van der Waals surface area contributed by atoms with Gasteiger partial charge in [-0.05, 0) is 7.05 Å². The first-order valence-corrected chi connectivity index (χ1v) is 12.9. The van der Waals surface area contributed by atoms with Gasteiger partial charge >= 0.3 is 45.9 Å². The molecule has 1 heterocycles. The number of carboxylic acid groups (broad SMARTS) is 4. The van der Waals surface area contributed by atoms with Crippen molar-refractivity contribution in [1.82, 2.24) is 24.9 Å². The van der Waals surface area contributed by atoms with Crippen molar-refractivity contribution in [3.05, 3.63) is 0 Å². The minimum Gasteiger partial charge on any atom is -0.549 e. The van der Waals surface area contributed by atoms with Gasteiger partial charge in [-0.1, -0.05) is 0 Å². The van der Waals surface area contributed by atoms with E-state index in [1.54, 1.807) is 21.7 Å². The van der Waals surface area contributed by atoms with Crippen LogP contribution in [0.2, 0.25) is 0 Å². The van der Waals surface area contributed by atoms with Crippen molar-refractivity contribution in [1.29, 1.82) is 0 Å². The van der Waals surface area contributed by atoms with Gasteiger partial charge < -0.3 is 65.7 Å². The zero-order valence-corrected chi connectivity index (χ0v) is 25.7. The van der Waals surface area contributed by atoms with Crippen LogP contribution in [-0.4, -0.2) is 197 Å². The molecule has 0 amide bonds. The Kier molecular flexibility index (Phi) is 24.7. The number of aliphatic carboxylic acids is 4. The standard InChI is InChI=1S/C16H28N4O8.C7H17NO5.Gd/c21-13(22)9-17-1-2-18(10-14(23)24)5-6-20(12-16(27)28)8-7-19(4-3-17)11-15(25)26;1-8-2-4(10)6(12)7(13)5(11)3-9;/h1-12H2,(H,21,22)(H,23,24)(H,25,26)(H,27,28);4-13H,2-3H2,1H3;/q;;+3/p-3/t;4-,5-,6-,7-;/m.0./s1. The van der Waals surface area contributed by atoms with Crippen LogP contribution in [0.3, 0.4) is 0 Å². The summed E-state index contributed by atoms with van der Waals surface area (Å²) in [4.78, 5) is 50.2. The third kappa shape index (κ3) is 20.7. The molecule has 0 unspecified atom stereocenters.